The number of piperazine rings is 1. The van der Waals surface area contributed by atoms with Crippen LogP contribution in [0, 0.1) is 5.82 Å². The second-order valence-corrected chi connectivity index (χ2v) is 9.04. The van der Waals surface area contributed by atoms with Crippen LogP contribution in [0.4, 0.5) is 15.0 Å². The number of aromatic nitrogens is 2. The van der Waals surface area contributed by atoms with Gasteiger partial charge in [-0.15, -0.1) is 0 Å². The summed E-state index contributed by atoms with van der Waals surface area (Å²) in [5, 5.41) is 0.559. The van der Waals surface area contributed by atoms with E-state index in [1.807, 2.05) is 27.7 Å². The van der Waals surface area contributed by atoms with Gasteiger partial charge in [0, 0.05) is 19.1 Å². The van der Waals surface area contributed by atoms with Crippen molar-refractivity contribution in [2.75, 3.05) is 24.6 Å². The van der Waals surface area contributed by atoms with Crippen LogP contribution < -0.4 is 9.64 Å². The molecular formula is C19H22BrFN4O3. The number of nitrogens with zero attached hydrogens (tertiary/aromatic N) is 4. The molecule has 0 unspecified atom stereocenters. The van der Waals surface area contributed by atoms with Crippen LogP contribution in [-0.4, -0.2) is 58.3 Å². The summed E-state index contributed by atoms with van der Waals surface area (Å²) in [6, 6.07) is 1.38. The lowest BCUT2D eigenvalue weighted by Crippen LogP contribution is -2.61. The normalized spacial score (nSPS) is 21.8. The molecule has 0 aliphatic carbocycles. The predicted molar refractivity (Wildman–Crippen MR) is 106 cm³/mol. The molecule has 28 heavy (non-hydrogen) atoms. The van der Waals surface area contributed by atoms with Crippen molar-refractivity contribution >= 4 is 38.7 Å². The third-order valence-electron chi connectivity index (χ3n) is 4.92. The molecular weight excluding hydrogens is 431 g/mol. The van der Waals surface area contributed by atoms with E-state index in [0.29, 0.717) is 41.1 Å². The zero-order chi connectivity index (χ0) is 20.2. The molecule has 0 bridgehead atoms. The number of amides is 1. The molecule has 1 aromatic heterocycles. The Hall–Kier alpha value is -2.16. The molecule has 2 aliphatic rings. The molecule has 3 heterocycles. The summed E-state index contributed by atoms with van der Waals surface area (Å²) in [6.07, 6.45) is 1.02. The molecule has 1 aromatic carbocycles. The molecule has 7 nitrogen and oxygen atoms in total. The first kappa shape index (κ1) is 19.2. The van der Waals surface area contributed by atoms with Crippen molar-refractivity contribution in [2.45, 2.75) is 45.4 Å². The number of hydrogen-bond donors (Lipinski definition) is 0. The van der Waals surface area contributed by atoms with Crippen molar-refractivity contribution in [1.82, 2.24) is 14.9 Å². The van der Waals surface area contributed by atoms with Crippen molar-refractivity contribution in [3.63, 3.8) is 0 Å². The molecule has 0 N–H and O–H groups in total. The Balaban J connectivity index is 1.71. The van der Waals surface area contributed by atoms with E-state index in [0.717, 1.165) is 0 Å². The summed E-state index contributed by atoms with van der Waals surface area (Å²) in [6.45, 7) is 8.82. The summed E-state index contributed by atoms with van der Waals surface area (Å²) < 4.78 is 26.4. The van der Waals surface area contributed by atoms with Gasteiger partial charge in [-0.05, 0) is 49.7 Å². The highest BCUT2D eigenvalue weighted by Gasteiger charge is 2.39. The van der Waals surface area contributed by atoms with Crippen molar-refractivity contribution < 1.29 is 18.7 Å². The van der Waals surface area contributed by atoms with Crippen molar-refractivity contribution in [2.24, 2.45) is 0 Å². The Bertz CT molecular complexity index is 949. The van der Waals surface area contributed by atoms with E-state index >= 15 is 0 Å². The lowest BCUT2D eigenvalue weighted by Gasteiger charge is -2.44. The van der Waals surface area contributed by atoms with E-state index in [-0.39, 0.29) is 23.7 Å². The number of carbonyl (C=O) groups is 1. The van der Waals surface area contributed by atoms with E-state index in [2.05, 4.69) is 30.8 Å². The second kappa shape index (κ2) is 6.72. The zero-order valence-corrected chi connectivity index (χ0v) is 17.8. The molecule has 0 radical (unpaired) electrons. The number of hydrogen-bond acceptors (Lipinski definition) is 6. The fourth-order valence-corrected chi connectivity index (χ4v) is 4.06. The van der Waals surface area contributed by atoms with Crippen LogP contribution in [0.25, 0.3) is 10.9 Å². The summed E-state index contributed by atoms with van der Waals surface area (Å²) in [5.41, 5.74) is -0.343. The van der Waals surface area contributed by atoms with Crippen LogP contribution in [0.3, 0.4) is 0 Å². The summed E-state index contributed by atoms with van der Waals surface area (Å²) in [5.74, 6) is 0.722. The van der Waals surface area contributed by atoms with Gasteiger partial charge in [-0.3, -0.25) is 0 Å². The monoisotopic (exact) mass is 452 g/mol. The highest BCUT2D eigenvalue weighted by atomic mass is 79.9. The third-order valence-corrected chi connectivity index (χ3v) is 5.50. The Morgan fingerprint density at radius 2 is 2.11 bits per heavy atom. The van der Waals surface area contributed by atoms with Crippen LogP contribution in [0.15, 0.2) is 16.9 Å². The Kier molecular flexibility index (Phi) is 4.60. The quantitative estimate of drug-likeness (QED) is 0.606. The van der Waals surface area contributed by atoms with Gasteiger partial charge in [0.25, 0.3) is 0 Å². The Morgan fingerprint density at radius 3 is 2.82 bits per heavy atom. The van der Waals surface area contributed by atoms with Gasteiger partial charge in [0.15, 0.2) is 5.82 Å². The smallest absolute Gasteiger partial charge is 0.410 e. The van der Waals surface area contributed by atoms with Gasteiger partial charge >= 0.3 is 6.09 Å². The maximum absolute atomic E-state index is 14.6. The molecule has 2 aromatic rings. The molecule has 1 fully saturated rings. The fourth-order valence-electron chi connectivity index (χ4n) is 3.67. The molecule has 2 aliphatic heterocycles. The third kappa shape index (κ3) is 3.25. The number of rotatable bonds is 0. The molecule has 1 amide bonds. The molecule has 0 spiro atoms. The number of ether oxygens (including phenoxy) is 2. The van der Waals surface area contributed by atoms with Gasteiger partial charge < -0.3 is 19.3 Å². The van der Waals surface area contributed by atoms with Crippen molar-refractivity contribution in [3.05, 3.63) is 22.7 Å². The van der Waals surface area contributed by atoms with Crippen LogP contribution in [0.5, 0.6) is 5.75 Å². The van der Waals surface area contributed by atoms with E-state index in [1.54, 1.807) is 11.0 Å². The predicted octanol–water partition coefficient (Wildman–Crippen LogP) is 3.74. The van der Waals surface area contributed by atoms with Crippen LogP contribution in [0.1, 0.15) is 27.7 Å². The standard InChI is InChI=1S/C19H22BrFN4O3/c1-10-6-25-11(7-24(10)18(26)28-19(2,3)4)8-27-13-5-12(20)15(21)16-14(13)17(25)23-9-22-16/h5,9-11H,6-8H2,1-4H3/t10-,11-/m0/s1. The van der Waals surface area contributed by atoms with Crippen molar-refractivity contribution in [1.29, 1.82) is 0 Å². The van der Waals surface area contributed by atoms with E-state index in [1.165, 1.54) is 6.33 Å². The molecule has 1 saturated heterocycles. The van der Waals surface area contributed by atoms with Gasteiger partial charge in [-0.25, -0.2) is 19.2 Å². The molecule has 9 heteroatoms. The second-order valence-electron chi connectivity index (χ2n) is 8.19. The highest BCUT2D eigenvalue weighted by Crippen LogP contribution is 2.40. The number of halogens is 2. The number of anilines is 1. The number of fused-ring (bicyclic) bond motifs is 2. The van der Waals surface area contributed by atoms with Crippen LogP contribution in [0.2, 0.25) is 0 Å². The largest absolute Gasteiger partial charge is 0.490 e. The van der Waals surface area contributed by atoms with Crippen LogP contribution >= 0.6 is 15.9 Å². The summed E-state index contributed by atoms with van der Waals surface area (Å²) in [4.78, 5) is 25.0. The molecule has 0 saturated carbocycles. The van der Waals surface area contributed by atoms with Gasteiger partial charge in [-0.2, -0.15) is 0 Å². The minimum atomic E-state index is -0.563. The number of carbonyl (C=O) groups excluding carboxylic acids is 1. The highest BCUT2D eigenvalue weighted by molar-refractivity contribution is 9.10. The first-order valence-electron chi connectivity index (χ1n) is 9.17. The van der Waals surface area contributed by atoms with Gasteiger partial charge in [0.1, 0.15) is 35.6 Å². The minimum Gasteiger partial charge on any atom is -0.490 e. The van der Waals surface area contributed by atoms with E-state index in [9.17, 15) is 9.18 Å². The minimum absolute atomic E-state index is 0.0991. The SMILES string of the molecule is C[C@H]1CN2c3ncnc4c(F)c(Br)cc(c34)OC[C@@H]2CN1C(=O)OC(C)(C)C. The summed E-state index contributed by atoms with van der Waals surface area (Å²) in [7, 11) is 0. The topological polar surface area (TPSA) is 67.8 Å². The molecule has 4 rings (SSSR count). The molecule has 2 atom stereocenters. The Morgan fingerprint density at radius 1 is 1.36 bits per heavy atom. The zero-order valence-electron chi connectivity index (χ0n) is 16.2. The number of benzene rings is 1. The van der Waals surface area contributed by atoms with Gasteiger partial charge in [0.05, 0.1) is 15.9 Å². The first-order chi connectivity index (χ1) is 13.2. The fraction of sp³-hybridized carbons (Fsp3) is 0.526. The van der Waals surface area contributed by atoms with Crippen LogP contribution in [-0.2, 0) is 4.74 Å². The summed E-state index contributed by atoms with van der Waals surface area (Å²) >= 11 is 3.23. The van der Waals surface area contributed by atoms with E-state index in [4.69, 9.17) is 9.47 Å². The lowest BCUT2D eigenvalue weighted by molar-refractivity contribution is 0.0109. The Labute approximate surface area is 170 Å². The van der Waals surface area contributed by atoms with Gasteiger partial charge in [0.2, 0.25) is 0 Å². The van der Waals surface area contributed by atoms with Gasteiger partial charge in [-0.1, -0.05) is 0 Å². The maximum Gasteiger partial charge on any atom is 0.410 e. The average molecular weight is 453 g/mol. The lowest BCUT2D eigenvalue weighted by atomic mass is 10.1. The maximum atomic E-state index is 14.6. The average Bonchev–Trinajstić information content (AvgIpc) is 2.76. The van der Waals surface area contributed by atoms with Crippen molar-refractivity contribution in [3.8, 4) is 5.75 Å². The first-order valence-corrected chi connectivity index (χ1v) is 9.97. The van der Waals surface area contributed by atoms with E-state index < -0.39 is 11.4 Å². The molecule has 150 valence electrons.